The Morgan fingerprint density at radius 1 is 1.39 bits per heavy atom. The summed E-state index contributed by atoms with van der Waals surface area (Å²) >= 11 is 0. The van der Waals surface area contributed by atoms with Crippen molar-refractivity contribution in [3.8, 4) is 0 Å². The molecule has 1 saturated heterocycles. The van der Waals surface area contributed by atoms with Crippen molar-refractivity contribution in [3.63, 3.8) is 0 Å². The molecule has 0 bridgehead atoms. The van der Waals surface area contributed by atoms with Gasteiger partial charge in [-0.05, 0) is 64.9 Å². The Morgan fingerprint density at radius 3 is 2.78 bits per heavy atom. The highest BCUT2D eigenvalue weighted by atomic mass is 16.6. The lowest BCUT2D eigenvalue weighted by molar-refractivity contribution is 0.163. The molecule has 3 heteroatoms. The third-order valence-electron chi connectivity index (χ3n) is 5.40. The molecule has 1 aliphatic carbocycles. The molecular weight excluding hydrogens is 288 g/mol. The minimum absolute atomic E-state index is 0.000316. The average Bonchev–Trinajstić information content (AvgIpc) is 3.13. The zero-order valence-corrected chi connectivity index (χ0v) is 14.8. The van der Waals surface area contributed by atoms with E-state index in [4.69, 9.17) is 4.74 Å². The van der Waals surface area contributed by atoms with E-state index in [1.807, 2.05) is 13.0 Å². The number of fused-ring (bicyclic) bond motifs is 1. The van der Waals surface area contributed by atoms with Crippen LogP contribution in [-0.2, 0) is 4.74 Å². The summed E-state index contributed by atoms with van der Waals surface area (Å²) in [5, 5.41) is 20.2. The minimum Gasteiger partial charge on any atom is -0.392 e. The summed E-state index contributed by atoms with van der Waals surface area (Å²) in [6, 6.07) is 0. The van der Waals surface area contributed by atoms with Crippen molar-refractivity contribution in [2.45, 2.75) is 77.1 Å². The van der Waals surface area contributed by atoms with Gasteiger partial charge < -0.3 is 14.9 Å². The Labute approximate surface area is 140 Å². The minimum atomic E-state index is -0.572. The Bertz CT molecular complexity index is 491. The van der Waals surface area contributed by atoms with Gasteiger partial charge in [0.2, 0.25) is 0 Å². The highest BCUT2D eigenvalue weighted by Crippen LogP contribution is 2.43. The summed E-state index contributed by atoms with van der Waals surface area (Å²) in [7, 11) is 0. The fourth-order valence-corrected chi connectivity index (χ4v) is 3.56. The van der Waals surface area contributed by atoms with Crippen LogP contribution >= 0.6 is 0 Å². The van der Waals surface area contributed by atoms with Crippen molar-refractivity contribution in [1.29, 1.82) is 0 Å². The maximum absolute atomic E-state index is 10.6. The van der Waals surface area contributed by atoms with Crippen molar-refractivity contribution in [2.75, 3.05) is 6.61 Å². The first-order chi connectivity index (χ1) is 10.9. The van der Waals surface area contributed by atoms with E-state index >= 15 is 0 Å². The zero-order chi connectivity index (χ0) is 17.0. The molecule has 0 saturated carbocycles. The highest BCUT2D eigenvalue weighted by Gasteiger charge is 2.50. The summed E-state index contributed by atoms with van der Waals surface area (Å²) in [6.07, 6.45) is 9.52. The molecule has 0 aromatic heterocycles. The van der Waals surface area contributed by atoms with E-state index < -0.39 is 6.10 Å². The first-order valence-electron chi connectivity index (χ1n) is 8.83. The number of allylic oxidation sites excluding steroid dienone is 2. The normalized spacial score (nSPS) is 36.3. The topological polar surface area (TPSA) is 53.0 Å². The van der Waals surface area contributed by atoms with Crippen LogP contribution in [0.5, 0.6) is 0 Å². The van der Waals surface area contributed by atoms with Gasteiger partial charge in [0, 0.05) is 5.92 Å². The Hall–Kier alpha value is -0.900. The standard InChI is InChI=1S/C20H32O3/c1-14(2)17-9-7-15(3)6-5-11-20(4)19(23-20)10-8-16(13-21)12-18(17)22/h6,12,17-19,21-22H,1,5,7-11,13H2,2-4H3. The quantitative estimate of drug-likeness (QED) is 0.599. The summed E-state index contributed by atoms with van der Waals surface area (Å²) in [5.41, 5.74) is 3.28. The van der Waals surface area contributed by atoms with Gasteiger partial charge in [-0.1, -0.05) is 29.9 Å². The van der Waals surface area contributed by atoms with Gasteiger partial charge in [0.1, 0.15) is 0 Å². The monoisotopic (exact) mass is 320 g/mol. The van der Waals surface area contributed by atoms with E-state index in [0.717, 1.165) is 49.7 Å². The van der Waals surface area contributed by atoms with Crippen LogP contribution in [0.3, 0.4) is 0 Å². The largest absolute Gasteiger partial charge is 0.392 e. The SMILES string of the molecule is C=C(C)C1CCC(C)=CCCC2(C)OC2CCC(CO)=CC1O. The van der Waals surface area contributed by atoms with Gasteiger partial charge in [-0.2, -0.15) is 0 Å². The molecule has 1 heterocycles. The number of hydrogen-bond donors (Lipinski definition) is 2. The second-order valence-corrected chi connectivity index (χ2v) is 7.51. The van der Waals surface area contributed by atoms with Crippen LogP contribution < -0.4 is 0 Å². The number of aliphatic hydroxyl groups excluding tert-OH is 2. The van der Waals surface area contributed by atoms with Gasteiger partial charge in [-0.15, -0.1) is 0 Å². The fourth-order valence-electron chi connectivity index (χ4n) is 3.56. The van der Waals surface area contributed by atoms with Crippen LogP contribution in [0.4, 0.5) is 0 Å². The summed E-state index contributed by atoms with van der Waals surface area (Å²) in [4.78, 5) is 0. The molecule has 1 aliphatic heterocycles. The molecule has 0 amide bonds. The zero-order valence-electron chi connectivity index (χ0n) is 14.8. The molecule has 4 atom stereocenters. The van der Waals surface area contributed by atoms with E-state index in [1.165, 1.54) is 5.57 Å². The lowest BCUT2D eigenvalue weighted by Gasteiger charge is -2.22. The van der Waals surface area contributed by atoms with Crippen LogP contribution in [0.25, 0.3) is 0 Å². The molecule has 1 fully saturated rings. The summed E-state index contributed by atoms with van der Waals surface area (Å²) in [6.45, 7) is 10.4. The first kappa shape index (κ1) is 18.4. The van der Waals surface area contributed by atoms with Gasteiger partial charge in [0.25, 0.3) is 0 Å². The van der Waals surface area contributed by atoms with Crippen LogP contribution in [0, 0.1) is 5.92 Å². The van der Waals surface area contributed by atoms with Crippen LogP contribution in [0.1, 0.15) is 59.3 Å². The molecule has 130 valence electrons. The number of epoxide rings is 1. The molecule has 2 rings (SSSR count). The molecular formula is C20H32O3. The fraction of sp³-hybridized carbons (Fsp3) is 0.700. The molecule has 0 aromatic carbocycles. The van der Waals surface area contributed by atoms with Gasteiger partial charge >= 0.3 is 0 Å². The molecule has 2 aliphatic rings. The maximum Gasteiger partial charge on any atom is 0.0923 e. The number of ether oxygens (including phenoxy) is 1. The third kappa shape index (κ3) is 5.03. The highest BCUT2D eigenvalue weighted by molar-refractivity contribution is 5.14. The number of aliphatic hydroxyl groups is 2. The van der Waals surface area contributed by atoms with Gasteiger partial charge in [0.05, 0.1) is 24.4 Å². The van der Waals surface area contributed by atoms with Crippen molar-refractivity contribution in [3.05, 3.63) is 35.5 Å². The number of rotatable bonds is 2. The van der Waals surface area contributed by atoms with Crippen LogP contribution in [0.15, 0.2) is 35.5 Å². The molecule has 0 spiro atoms. The Morgan fingerprint density at radius 2 is 2.13 bits per heavy atom. The van der Waals surface area contributed by atoms with E-state index in [0.29, 0.717) is 0 Å². The smallest absolute Gasteiger partial charge is 0.0923 e. The Balaban J connectivity index is 2.15. The second kappa shape index (κ2) is 7.78. The van der Waals surface area contributed by atoms with E-state index in [9.17, 15) is 10.2 Å². The lowest BCUT2D eigenvalue weighted by Crippen LogP contribution is -2.20. The van der Waals surface area contributed by atoms with Crippen molar-refractivity contribution in [1.82, 2.24) is 0 Å². The maximum atomic E-state index is 10.6. The second-order valence-electron chi connectivity index (χ2n) is 7.51. The van der Waals surface area contributed by atoms with Gasteiger partial charge in [-0.25, -0.2) is 0 Å². The lowest BCUT2D eigenvalue weighted by atomic mass is 9.87. The van der Waals surface area contributed by atoms with Crippen LogP contribution in [-0.4, -0.2) is 34.6 Å². The molecule has 3 nitrogen and oxygen atoms in total. The number of hydrogen-bond acceptors (Lipinski definition) is 3. The molecule has 4 unspecified atom stereocenters. The predicted molar refractivity (Wildman–Crippen MR) is 94.2 cm³/mol. The van der Waals surface area contributed by atoms with E-state index in [-0.39, 0.29) is 24.2 Å². The Kier molecular flexibility index (Phi) is 6.24. The first-order valence-corrected chi connectivity index (χ1v) is 8.83. The third-order valence-corrected chi connectivity index (χ3v) is 5.40. The average molecular weight is 320 g/mol. The summed E-state index contributed by atoms with van der Waals surface area (Å²) < 4.78 is 5.88. The van der Waals surface area contributed by atoms with Crippen molar-refractivity contribution >= 4 is 0 Å². The van der Waals surface area contributed by atoms with Crippen molar-refractivity contribution < 1.29 is 14.9 Å². The predicted octanol–water partition coefficient (Wildman–Crippen LogP) is 3.92. The van der Waals surface area contributed by atoms with Gasteiger partial charge in [0.15, 0.2) is 0 Å². The van der Waals surface area contributed by atoms with E-state index in [2.05, 4.69) is 26.5 Å². The van der Waals surface area contributed by atoms with Crippen LogP contribution in [0.2, 0.25) is 0 Å². The molecule has 23 heavy (non-hydrogen) atoms. The van der Waals surface area contributed by atoms with E-state index in [1.54, 1.807) is 0 Å². The van der Waals surface area contributed by atoms with Gasteiger partial charge in [-0.3, -0.25) is 0 Å². The molecule has 2 N–H and O–H groups in total. The molecule has 0 aromatic rings. The molecule has 0 radical (unpaired) electrons. The summed E-state index contributed by atoms with van der Waals surface area (Å²) in [5.74, 6) is 0.0466. The van der Waals surface area contributed by atoms with Crippen molar-refractivity contribution in [2.24, 2.45) is 5.92 Å².